The topological polar surface area (TPSA) is 72.1 Å². The second-order valence-electron chi connectivity index (χ2n) is 7.92. The lowest BCUT2D eigenvalue weighted by molar-refractivity contribution is 0.680. The first-order valence-electron chi connectivity index (χ1n) is 11.3. The lowest BCUT2D eigenvalue weighted by atomic mass is 10.1. The first kappa shape index (κ1) is 22.3. The molecular weight excluding hydrogens is 410 g/mol. The fourth-order valence-corrected chi connectivity index (χ4v) is 3.86. The van der Waals surface area contributed by atoms with Crippen molar-refractivity contribution >= 4 is 5.96 Å². The van der Waals surface area contributed by atoms with Crippen molar-refractivity contribution < 1.29 is 0 Å². The number of aliphatic imine (C=N–C) groups is 1. The highest BCUT2D eigenvalue weighted by molar-refractivity contribution is 5.79. The average molecular weight is 442 g/mol. The maximum absolute atomic E-state index is 4.85. The van der Waals surface area contributed by atoms with E-state index in [0.29, 0.717) is 13.1 Å². The summed E-state index contributed by atoms with van der Waals surface area (Å²) in [4.78, 5) is 4.85. The Bertz CT molecular complexity index is 1190. The largest absolute Gasteiger partial charge is 0.357 e. The first-order chi connectivity index (χ1) is 16.2. The fourth-order valence-electron chi connectivity index (χ4n) is 3.86. The third-order valence-electron chi connectivity index (χ3n) is 5.64. The van der Waals surface area contributed by atoms with Crippen LogP contribution in [0.1, 0.15) is 35.0 Å². The van der Waals surface area contributed by atoms with Crippen molar-refractivity contribution in [2.45, 2.75) is 40.4 Å². The Morgan fingerprint density at radius 3 is 2.42 bits per heavy atom. The van der Waals surface area contributed by atoms with Gasteiger partial charge >= 0.3 is 0 Å². The van der Waals surface area contributed by atoms with Crippen molar-refractivity contribution in [1.29, 1.82) is 0 Å². The maximum Gasteiger partial charge on any atom is 0.191 e. The second kappa shape index (κ2) is 10.6. The molecule has 7 nitrogen and oxygen atoms in total. The van der Waals surface area contributed by atoms with Gasteiger partial charge in [-0.3, -0.25) is 4.68 Å². The number of aromatic nitrogens is 4. The summed E-state index contributed by atoms with van der Waals surface area (Å²) in [6.07, 6.45) is 3.78. The summed E-state index contributed by atoms with van der Waals surface area (Å²) < 4.78 is 3.93. The summed E-state index contributed by atoms with van der Waals surface area (Å²) in [6.45, 7) is 9.02. The highest BCUT2D eigenvalue weighted by Gasteiger charge is 2.13. The maximum atomic E-state index is 4.85. The fraction of sp³-hybridized carbons (Fsp3) is 0.269. The van der Waals surface area contributed by atoms with Crippen LogP contribution in [0.15, 0.2) is 78.0 Å². The van der Waals surface area contributed by atoms with Crippen LogP contribution in [0.3, 0.4) is 0 Å². The van der Waals surface area contributed by atoms with Crippen molar-refractivity contribution in [3.05, 3.63) is 101 Å². The lowest BCUT2D eigenvalue weighted by Gasteiger charge is -2.13. The van der Waals surface area contributed by atoms with E-state index in [1.54, 1.807) is 6.20 Å². The second-order valence-corrected chi connectivity index (χ2v) is 7.92. The summed E-state index contributed by atoms with van der Waals surface area (Å²) in [6, 6.07) is 20.6. The predicted octanol–water partition coefficient (Wildman–Crippen LogP) is 3.99. The zero-order valence-corrected chi connectivity index (χ0v) is 19.5. The molecule has 0 saturated heterocycles. The molecule has 0 bridgehead atoms. The van der Waals surface area contributed by atoms with Crippen LogP contribution in [-0.2, 0) is 19.6 Å². The lowest BCUT2D eigenvalue weighted by Crippen LogP contribution is -2.37. The normalized spacial score (nSPS) is 11.5. The molecule has 0 unspecified atom stereocenters. The first-order valence-corrected chi connectivity index (χ1v) is 11.3. The van der Waals surface area contributed by atoms with Gasteiger partial charge < -0.3 is 10.6 Å². The van der Waals surface area contributed by atoms with E-state index in [4.69, 9.17) is 10.1 Å². The Morgan fingerprint density at radius 2 is 1.70 bits per heavy atom. The highest BCUT2D eigenvalue weighted by atomic mass is 15.3. The Balaban J connectivity index is 1.48. The zero-order valence-electron chi connectivity index (χ0n) is 19.5. The quantitative estimate of drug-likeness (QED) is 0.320. The van der Waals surface area contributed by atoms with Crippen molar-refractivity contribution in [2.75, 3.05) is 6.54 Å². The van der Waals surface area contributed by atoms with Crippen LogP contribution >= 0.6 is 0 Å². The van der Waals surface area contributed by atoms with Crippen molar-refractivity contribution in [3.63, 3.8) is 0 Å². The van der Waals surface area contributed by atoms with E-state index in [0.717, 1.165) is 36.1 Å². The molecule has 0 radical (unpaired) electrons. The summed E-state index contributed by atoms with van der Waals surface area (Å²) in [7, 11) is 0. The number of benzene rings is 2. The van der Waals surface area contributed by atoms with Gasteiger partial charge in [0.1, 0.15) is 0 Å². The highest BCUT2D eigenvalue weighted by Crippen LogP contribution is 2.18. The molecule has 0 aliphatic carbocycles. The molecule has 33 heavy (non-hydrogen) atoms. The molecule has 2 N–H and O–H groups in total. The van der Waals surface area contributed by atoms with Crippen LogP contribution in [-0.4, -0.2) is 32.1 Å². The van der Waals surface area contributed by atoms with E-state index in [9.17, 15) is 0 Å². The third-order valence-corrected chi connectivity index (χ3v) is 5.64. The van der Waals surface area contributed by atoms with E-state index in [1.807, 2.05) is 39.8 Å². The Morgan fingerprint density at radius 1 is 0.939 bits per heavy atom. The van der Waals surface area contributed by atoms with E-state index >= 15 is 0 Å². The van der Waals surface area contributed by atoms with Crippen LogP contribution in [0.2, 0.25) is 0 Å². The van der Waals surface area contributed by atoms with Gasteiger partial charge in [-0.1, -0.05) is 42.5 Å². The molecule has 0 amide bonds. The molecular formula is C26H31N7. The molecule has 4 rings (SSSR count). The van der Waals surface area contributed by atoms with Gasteiger partial charge in [0, 0.05) is 36.7 Å². The molecule has 0 spiro atoms. The monoisotopic (exact) mass is 441 g/mol. The molecule has 7 heteroatoms. The van der Waals surface area contributed by atoms with E-state index in [-0.39, 0.29) is 0 Å². The standard InChI is InChI=1S/C26H31N7/c1-4-27-26(28-17-22-11-8-9-12-23(22)19-32-16-10-15-30-32)29-18-25-20(2)31-33(21(25)3)24-13-6-5-7-14-24/h5-16H,4,17-19H2,1-3H3,(H2,27,28,29). The molecule has 2 aromatic heterocycles. The molecule has 0 aliphatic heterocycles. The van der Waals surface area contributed by atoms with Crippen LogP contribution in [0.5, 0.6) is 0 Å². The molecule has 0 fully saturated rings. The van der Waals surface area contributed by atoms with Gasteiger partial charge in [0.25, 0.3) is 0 Å². The smallest absolute Gasteiger partial charge is 0.191 e. The van der Waals surface area contributed by atoms with Gasteiger partial charge in [0.2, 0.25) is 0 Å². The van der Waals surface area contributed by atoms with E-state index in [1.165, 1.54) is 16.7 Å². The van der Waals surface area contributed by atoms with Crippen molar-refractivity contribution in [3.8, 4) is 5.69 Å². The number of rotatable bonds is 8. The summed E-state index contributed by atoms with van der Waals surface area (Å²) in [5.41, 5.74) is 6.81. The summed E-state index contributed by atoms with van der Waals surface area (Å²) in [5.74, 6) is 0.789. The van der Waals surface area contributed by atoms with Crippen molar-refractivity contribution in [2.24, 2.45) is 4.99 Å². The minimum absolute atomic E-state index is 0.591. The number of hydrogen-bond donors (Lipinski definition) is 2. The number of hydrogen-bond acceptors (Lipinski definition) is 3. The molecule has 170 valence electrons. The Labute approximate surface area is 195 Å². The third kappa shape index (κ3) is 5.49. The van der Waals surface area contributed by atoms with Crippen LogP contribution in [0.4, 0.5) is 0 Å². The number of guanidine groups is 1. The number of nitrogens with zero attached hydrogens (tertiary/aromatic N) is 5. The molecule has 0 atom stereocenters. The molecule has 0 aliphatic rings. The van der Waals surface area contributed by atoms with Gasteiger partial charge in [0.05, 0.1) is 24.5 Å². The van der Waals surface area contributed by atoms with Gasteiger partial charge in [-0.25, -0.2) is 9.67 Å². The zero-order chi connectivity index (χ0) is 23.0. The van der Waals surface area contributed by atoms with Gasteiger partial charge in [0.15, 0.2) is 5.96 Å². The number of para-hydroxylation sites is 1. The molecule has 2 heterocycles. The molecule has 4 aromatic rings. The van der Waals surface area contributed by atoms with Gasteiger partial charge in [-0.15, -0.1) is 0 Å². The summed E-state index contributed by atoms with van der Waals surface area (Å²) in [5, 5.41) is 15.9. The predicted molar refractivity (Wildman–Crippen MR) is 132 cm³/mol. The van der Waals surface area contributed by atoms with E-state index < -0.39 is 0 Å². The summed E-state index contributed by atoms with van der Waals surface area (Å²) >= 11 is 0. The average Bonchev–Trinajstić information content (AvgIpc) is 3.45. The van der Waals surface area contributed by atoms with Crippen LogP contribution in [0.25, 0.3) is 5.69 Å². The Kier molecular flexibility index (Phi) is 7.19. The number of nitrogens with one attached hydrogen (secondary N) is 2. The van der Waals surface area contributed by atoms with Crippen LogP contribution < -0.4 is 10.6 Å². The Hall–Kier alpha value is -3.87. The van der Waals surface area contributed by atoms with Crippen molar-refractivity contribution in [1.82, 2.24) is 30.2 Å². The van der Waals surface area contributed by atoms with Gasteiger partial charge in [-0.2, -0.15) is 10.2 Å². The van der Waals surface area contributed by atoms with Gasteiger partial charge in [-0.05, 0) is 50.1 Å². The SMILES string of the molecule is CCNC(=NCc1ccccc1Cn1cccn1)NCc1c(C)nn(-c2ccccc2)c1C. The minimum Gasteiger partial charge on any atom is -0.357 e. The molecule has 0 saturated carbocycles. The molecule has 2 aromatic carbocycles. The minimum atomic E-state index is 0.591. The number of aryl methyl sites for hydroxylation is 1. The van der Waals surface area contributed by atoms with Crippen LogP contribution in [0, 0.1) is 13.8 Å². The van der Waals surface area contributed by atoms with E-state index in [2.05, 4.69) is 72.9 Å².